The molecule has 0 spiro atoms. The fourth-order valence-corrected chi connectivity index (χ4v) is 2.41. The summed E-state index contributed by atoms with van der Waals surface area (Å²) in [6, 6.07) is 7.40. The predicted octanol–water partition coefficient (Wildman–Crippen LogP) is 3.69. The van der Waals surface area contributed by atoms with Gasteiger partial charge in [0.2, 0.25) is 0 Å². The highest BCUT2D eigenvalue weighted by Crippen LogP contribution is 2.22. The molecule has 0 fully saturated rings. The molecule has 1 N–H and O–H groups in total. The minimum absolute atomic E-state index is 0.366. The monoisotopic (exact) mass is 306 g/mol. The Balaban J connectivity index is 2.17. The van der Waals surface area contributed by atoms with E-state index in [1.807, 2.05) is 13.1 Å². The van der Waals surface area contributed by atoms with Gasteiger partial charge in [-0.2, -0.15) is 0 Å². The highest BCUT2D eigenvalue weighted by molar-refractivity contribution is 6.33. The van der Waals surface area contributed by atoms with Gasteiger partial charge in [0.25, 0.3) is 0 Å². The van der Waals surface area contributed by atoms with Crippen LogP contribution in [0, 0.1) is 13.8 Å². The number of anilines is 1. The maximum atomic E-state index is 11.6. The number of ether oxygens (including phenoxy) is 1. The molecule has 0 atom stereocenters. The summed E-state index contributed by atoms with van der Waals surface area (Å²) in [5.74, 6) is -0.435. The summed E-state index contributed by atoms with van der Waals surface area (Å²) in [4.78, 5) is 11.6. The van der Waals surface area contributed by atoms with Gasteiger partial charge in [0.15, 0.2) is 0 Å². The molecule has 0 unspecified atom stereocenters. The van der Waals surface area contributed by atoms with E-state index in [0.717, 1.165) is 5.69 Å². The molecule has 1 aromatic carbocycles. The third kappa shape index (κ3) is 3.22. The Labute approximate surface area is 129 Å². The van der Waals surface area contributed by atoms with Crippen LogP contribution in [0.2, 0.25) is 5.02 Å². The second-order valence-electron chi connectivity index (χ2n) is 5.00. The smallest absolute Gasteiger partial charge is 0.339 e. The van der Waals surface area contributed by atoms with Gasteiger partial charge in [-0.3, -0.25) is 0 Å². The van der Waals surface area contributed by atoms with Crippen LogP contribution >= 0.6 is 11.6 Å². The largest absolute Gasteiger partial charge is 0.465 e. The van der Waals surface area contributed by atoms with Crippen molar-refractivity contribution in [2.24, 2.45) is 7.05 Å². The van der Waals surface area contributed by atoms with E-state index in [1.54, 1.807) is 12.1 Å². The Hall–Kier alpha value is -1.94. The summed E-state index contributed by atoms with van der Waals surface area (Å²) in [6.07, 6.45) is 0. The van der Waals surface area contributed by atoms with Crippen LogP contribution in [0.15, 0.2) is 24.3 Å². The molecular weight excluding hydrogens is 288 g/mol. The highest BCUT2D eigenvalue weighted by Gasteiger charge is 2.12. The summed E-state index contributed by atoms with van der Waals surface area (Å²) in [7, 11) is 3.39. The summed E-state index contributed by atoms with van der Waals surface area (Å²) in [5, 5.41) is 3.70. The maximum absolute atomic E-state index is 11.6. The summed E-state index contributed by atoms with van der Waals surface area (Å²) in [5.41, 5.74) is 4.87. The molecule has 4 nitrogen and oxygen atoms in total. The fraction of sp³-hybridized carbons (Fsp3) is 0.312. The van der Waals surface area contributed by atoms with Crippen molar-refractivity contribution in [1.29, 1.82) is 0 Å². The Morgan fingerprint density at radius 1 is 1.33 bits per heavy atom. The van der Waals surface area contributed by atoms with Gasteiger partial charge < -0.3 is 14.6 Å². The van der Waals surface area contributed by atoms with Crippen molar-refractivity contribution >= 4 is 23.3 Å². The van der Waals surface area contributed by atoms with Crippen LogP contribution in [0.3, 0.4) is 0 Å². The van der Waals surface area contributed by atoms with Crippen molar-refractivity contribution in [2.75, 3.05) is 12.4 Å². The molecule has 2 aromatic rings. The number of halogens is 1. The Bertz CT molecular complexity index is 677. The first kappa shape index (κ1) is 15.4. The lowest BCUT2D eigenvalue weighted by atomic mass is 10.2. The summed E-state index contributed by atoms with van der Waals surface area (Å²) >= 11 is 6.00. The van der Waals surface area contributed by atoms with E-state index < -0.39 is 5.97 Å². The molecule has 0 bridgehead atoms. The molecule has 21 heavy (non-hydrogen) atoms. The highest BCUT2D eigenvalue weighted by atomic mass is 35.5. The van der Waals surface area contributed by atoms with E-state index in [4.69, 9.17) is 16.3 Å². The molecular formula is C16H19ClN2O2. The SMILES string of the molecule is COC(=O)c1cc(NCc2cc(C)n(C)c2C)ccc1Cl. The maximum Gasteiger partial charge on any atom is 0.339 e. The first-order valence-corrected chi connectivity index (χ1v) is 7.05. The Kier molecular flexibility index (Phi) is 4.58. The van der Waals surface area contributed by atoms with Crippen molar-refractivity contribution in [1.82, 2.24) is 4.57 Å². The second-order valence-corrected chi connectivity index (χ2v) is 5.40. The number of aromatic nitrogens is 1. The number of nitrogens with one attached hydrogen (secondary N) is 1. The quantitative estimate of drug-likeness (QED) is 0.876. The predicted molar refractivity (Wildman–Crippen MR) is 85.0 cm³/mol. The number of esters is 1. The molecule has 2 rings (SSSR count). The number of hydrogen-bond donors (Lipinski definition) is 1. The van der Waals surface area contributed by atoms with Crippen LogP contribution in [0.1, 0.15) is 27.3 Å². The van der Waals surface area contributed by atoms with Crippen LogP contribution in [0.5, 0.6) is 0 Å². The Morgan fingerprint density at radius 3 is 2.62 bits per heavy atom. The van der Waals surface area contributed by atoms with Gasteiger partial charge in [0.05, 0.1) is 17.7 Å². The van der Waals surface area contributed by atoms with Gasteiger partial charge in [-0.25, -0.2) is 4.79 Å². The van der Waals surface area contributed by atoms with Crippen LogP contribution in [-0.4, -0.2) is 17.6 Å². The molecule has 0 saturated carbocycles. The number of carbonyl (C=O) groups is 1. The number of carbonyl (C=O) groups excluding carboxylic acids is 1. The van der Waals surface area contributed by atoms with Crippen LogP contribution in [-0.2, 0) is 18.3 Å². The summed E-state index contributed by atoms with van der Waals surface area (Å²) < 4.78 is 6.87. The average molecular weight is 307 g/mol. The number of aryl methyl sites for hydroxylation is 1. The number of hydrogen-bond acceptors (Lipinski definition) is 3. The number of nitrogens with zero attached hydrogens (tertiary/aromatic N) is 1. The van der Waals surface area contributed by atoms with E-state index >= 15 is 0 Å². The number of methoxy groups -OCH3 is 1. The Morgan fingerprint density at radius 2 is 2.05 bits per heavy atom. The van der Waals surface area contributed by atoms with E-state index in [2.05, 4.69) is 29.8 Å². The summed E-state index contributed by atoms with van der Waals surface area (Å²) in [6.45, 7) is 4.86. The van der Waals surface area contributed by atoms with E-state index in [9.17, 15) is 4.79 Å². The van der Waals surface area contributed by atoms with Gasteiger partial charge in [0, 0.05) is 30.7 Å². The average Bonchev–Trinajstić information content (AvgIpc) is 2.73. The molecule has 112 valence electrons. The van der Waals surface area contributed by atoms with Gasteiger partial charge in [-0.1, -0.05) is 11.6 Å². The molecule has 0 radical (unpaired) electrons. The van der Waals surface area contributed by atoms with Gasteiger partial charge in [0.1, 0.15) is 0 Å². The van der Waals surface area contributed by atoms with Crippen LogP contribution in [0.25, 0.3) is 0 Å². The van der Waals surface area contributed by atoms with Crippen molar-refractivity contribution in [2.45, 2.75) is 20.4 Å². The van der Waals surface area contributed by atoms with Gasteiger partial charge in [-0.15, -0.1) is 0 Å². The molecule has 0 aliphatic heterocycles. The third-order valence-corrected chi connectivity index (χ3v) is 4.06. The first-order chi connectivity index (χ1) is 9.93. The lowest BCUT2D eigenvalue weighted by Crippen LogP contribution is -2.05. The standard InChI is InChI=1S/C16H19ClN2O2/c1-10-7-12(11(2)19(10)3)9-18-13-5-6-15(17)14(8-13)16(20)21-4/h5-8,18H,9H2,1-4H3. The zero-order valence-electron chi connectivity index (χ0n) is 12.7. The minimum Gasteiger partial charge on any atom is -0.465 e. The second kappa shape index (κ2) is 6.22. The van der Waals surface area contributed by atoms with Crippen molar-refractivity contribution in [3.63, 3.8) is 0 Å². The van der Waals surface area contributed by atoms with Gasteiger partial charge in [-0.05, 0) is 43.7 Å². The zero-order chi connectivity index (χ0) is 15.6. The first-order valence-electron chi connectivity index (χ1n) is 6.67. The lowest BCUT2D eigenvalue weighted by molar-refractivity contribution is 0.0601. The zero-order valence-corrected chi connectivity index (χ0v) is 13.4. The minimum atomic E-state index is -0.435. The lowest BCUT2D eigenvalue weighted by Gasteiger charge is -2.09. The van der Waals surface area contributed by atoms with Crippen molar-refractivity contribution in [3.05, 3.63) is 51.8 Å². The van der Waals surface area contributed by atoms with E-state index in [1.165, 1.54) is 24.1 Å². The normalized spacial score (nSPS) is 10.5. The number of rotatable bonds is 4. The third-order valence-electron chi connectivity index (χ3n) is 3.73. The van der Waals surface area contributed by atoms with Crippen molar-refractivity contribution in [3.8, 4) is 0 Å². The fourth-order valence-electron chi connectivity index (χ4n) is 2.21. The van der Waals surface area contributed by atoms with E-state index in [0.29, 0.717) is 17.1 Å². The van der Waals surface area contributed by atoms with Crippen LogP contribution < -0.4 is 5.32 Å². The molecule has 1 aromatic heterocycles. The van der Waals surface area contributed by atoms with Crippen LogP contribution in [0.4, 0.5) is 5.69 Å². The van der Waals surface area contributed by atoms with E-state index in [-0.39, 0.29) is 0 Å². The van der Waals surface area contributed by atoms with Gasteiger partial charge >= 0.3 is 5.97 Å². The van der Waals surface area contributed by atoms with Crippen molar-refractivity contribution < 1.29 is 9.53 Å². The molecule has 0 saturated heterocycles. The molecule has 5 heteroatoms. The topological polar surface area (TPSA) is 43.3 Å². The molecule has 0 amide bonds. The molecule has 1 heterocycles. The molecule has 0 aliphatic rings. The molecule has 0 aliphatic carbocycles. The number of benzene rings is 1.